The van der Waals surface area contributed by atoms with Gasteiger partial charge in [-0.05, 0) is 24.7 Å². The van der Waals surface area contributed by atoms with Gasteiger partial charge >= 0.3 is 0 Å². The number of hydrogen-bond donors (Lipinski definition) is 0. The van der Waals surface area contributed by atoms with Gasteiger partial charge < -0.3 is 9.64 Å². The molecule has 1 aromatic rings. The van der Waals surface area contributed by atoms with Crippen LogP contribution in [0.2, 0.25) is 0 Å². The summed E-state index contributed by atoms with van der Waals surface area (Å²) in [6, 6.07) is 10.3. The van der Waals surface area contributed by atoms with Gasteiger partial charge in [0.05, 0.1) is 5.41 Å². The molecule has 1 amide bonds. The second-order valence-electron chi connectivity index (χ2n) is 5.96. The molecule has 0 atom stereocenters. The van der Waals surface area contributed by atoms with E-state index in [4.69, 9.17) is 4.74 Å². The number of nitrogens with zero attached hydrogens (tertiary/aromatic N) is 2. The van der Waals surface area contributed by atoms with Gasteiger partial charge in [0, 0.05) is 39.4 Å². The first-order chi connectivity index (χ1) is 10.8. The highest BCUT2D eigenvalue weighted by molar-refractivity contribution is 7.96. The van der Waals surface area contributed by atoms with Crippen LogP contribution < -0.4 is 0 Å². The number of carbonyl (C=O) groups excluding carboxylic acids is 1. The molecule has 22 heavy (non-hydrogen) atoms. The first-order valence-corrected chi connectivity index (χ1v) is 9.16. The summed E-state index contributed by atoms with van der Waals surface area (Å²) in [5.41, 5.74) is 0.761. The van der Waals surface area contributed by atoms with E-state index in [1.165, 1.54) is 0 Å². The number of carbonyl (C=O) groups is 1. The van der Waals surface area contributed by atoms with Crippen molar-refractivity contribution in [3.63, 3.8) is 0 Å². The van der Waals surface area contributed by atoms with Crippen LogP contribution in [-0.4, -0.2) is 60.8 Å². The summed E-state index contributed by atoms with van der Waals surface area (Å²) in [6.45, 7) is 4.91. The molecule has 0 spiro atoms. The molecule has 0 radical (unpaired) electrons. The lowest BCUT2D eigenvalue weighted by Gasteiger charge is -2.42. The topological polar surface area (TPSA) is 32.8 Å². The molecule has 0 N–H and O–H groups in total. The van der Waals surface area contributed by atoms with Gasteiger partial charge in [-0.3, -0.25) is 4.79 Å². The van der Waals surface area contributed by atoms with Crippen molar-refractivity contribution in [2.24, 2.45) is 0 Å². The van der Waals surface area contributed by atoms with Gasteiger partial charge in [0.15, 0.2) is 0 Å². The lowest BCUT2D eigenvalue weighted by atomic mass is 9.73. The largest absolute Gasteiger partial charge is 0.381 e. The van der Waals surface area contributed by atoms with Crippen molar-refractivity contribution in [2.45, 2.75) is 18.3 Å². The zero-order valence-corrected chi connectivity index (χ0v) is 14.0. The van der Waals surface area contributed by atoms with Crippen LogP contribution >= 0.6 is 11.9 Å². The van der Waals surface area contributed by atoms with Gasteiger partial charge in [-0.1, -0.05) is 42.3 Å². The molecule has 1 aromatic carbocycles. The highest BCUT2D eigenvalue weighted by Crippen LogP contribution is 2.37. The molecule has 2 aliphatic rings. The van der Waals surface area contributed by atoms with Crippen molar-refractivity contribution in [3.05, 3.63) is 35.9 Å². The SMILES string of the molecule is CSN1CCN(C(=O)C2(c3ccccc3)CCOCC2)CC1. The Kier molecular flexibility index (Phi) is 5.06. The van der Waals surface area contributed by atoms with Crippen molar-refractivity contribution in [1.29, 1.82) is 0 Å². The summed E-state index contributed by atoms with van der Waals surface area (Å²) in [7, 11) is 0. The van der Waals surface area contributed by atoms with Crippen LogP contribution in [0.15, 0.2) is 30.3 Å². The molecular formula is C17H24N2O2S. The van der Waals surface area contributed by atoms with Crippen LogP contribution in [0, 0.1) is 0 Å². The Balaban J connectivity index is 1.82. The van der Waals surface area contributed by atoms with E-state index in [-0.39, 0.29) is 5.41 Å². The van der Waals surface area contributed by atoms with Gasteiger partial charge in [0.25, 0.3) is 0 Å². The van der Waals surface area contributed by atoms with E-state index < -0.39 is 0 Å². The van der Waals surface area contributed by atoms with Crippen LogP contribution in [-0.2, 0) is 14.9 Å². The van der Waals surface area contributed by atoms with Gasteiger partial charge in [0.2, 0.25) is 5.91 Å². The predicted molar refractivity (Wildman–Crippen MR) is 89.8 cm³/mol. The van der Waals surface area contributed by atoms with Crippen LogP contribution in [0.1, 0.15) is 18.4 Å². The molecular weight excluding hydrogens is 296 g/mol. The second-order valence-corrected chi connectivity index (χ2v) is 6.85. The predicted octanol–water partition coefficient (Wildman–Crippen LogP) is 2.16. The molecule has 2 fully saturated rings. The summed E-state index contributed by atoms with van der Waals surface area (Å²) in [5.74, 6) is 0.294. The first-order valence-electron chi connectivity index (χ1n) is 7.98. The Morgan fingerprint density at radius 3 is 2.32 bits per heavy atom. The summed E-state index contributed by atoms with van der Waals surface area (Å²) in [5, 5.41) is 0. The molecule has 0 aromatic heterocycles. The maximum atomic E-state index is 13.3. The zero-order valence-electron chi connectivity index (χ0n) is 13.2. The second kappa shape index (κ2) is 7.02. The standard InChI is InChI=1S/C17H24N2O2S/c1-22-19-11-9-18(10-12-19)16(20)17(7-13-21-14-8-17)15-5-3-2-4-6-15/h2-6H,7-14H2,1H3. The molecule has 0 bridgehead atoms. The molecule has 2 saturated heterocycles. The number of piperazine rings is 1. The molecule has 0 unspecified atom stereocenters. The van der Waals surface area contributed by atoms with Crippen molar-refractivity contribution in [2.75, 3.05) is 45.6 Å². The van der Waals surface area contributed by atoms with E-state index in [2.05, 4.69) is 27.6 Å². The molecule has 2 aliphatic heterocycles. The van der Waals surface area contributed by atoms with E-state index in [1.807, 2.05) is 18.2 Å². The van der Waals surface area contributed by atoms with Gasteiger partial charge in [-0.25, -0.2) is 4.31 Å². The third kappa shape index (κ3) is 3.03. The molecule has 120 valence electrons. The maximum Gasteiger partial charge on any atom is 0.233 e. The van der Waals surface area contributed by atoms with Gasteiger partial charge in [-0.2, -0.15) is 0 Å². The smallest absolute Gasteiger partial charge is 0.233 e. The quantitative estimate of drug-likeness (QED) is 0.799. The molecule has 0 aliphatic carbocycles. The summed E-state index contributed by atoms with van der Waals surface area (Å²) >= 11 is 1.77. The normalized spacial score (nSPS) is 22.5. The first kappa shape index (κ1) is 15.8. The van der Waals surface area contributed by atoms with Crippen LogP contribution in [0.4, 0.5) is 0 Å². The van der Waals surface area contributed by atoms with Crippen LogP contribution in [0.25, 0.3) is 0 Å². The fourth-order valence-corrected chi connectivity index (χ4v) is 4.01. The fraction of sp³-hybridized carbons (Fsp3) is 0.588. The van der Waals surface area contributed by atoms with E-state index in [9.17, 15) is 4.79 Å². The lowest BCUT2D eigenvalue weighted by Crippen LogP contribution is -2.55. The Morgan fingerprint density at radius 2 is 1.73 bits per heavy atom. The van der Waals surface area contributed by atoms with Crippen molar-refractivity contribution < 1.29 is 9.53 Å². The van der Waals surface area contributed by atoms with Gasteiger partial charge in [0.1, 0.15) is 0 Å². The molecule has 2 heterocycles. The Hall–Kier alpha value is -1.04. The van der Waals surface area contributed by atoms with Crippen molar-refractivity contribution in [3.8, 4) is 0 Å². The van der Waals surface area contributed by atoms with Crippen LogP contribution in [0.3, 0.4) is 0 Å². The molecule has 0 saturated carbocycles. The molecule has 4 nitrogen and oxygen atoms in total. The Morgan fingerprint density at radius 1 is 1.09 bits per heavy atom. The number of benzene rings is 1. The molecule has 3 rings (SSSR count). The average Bonchev–Trinajstić information content (AvgIpc) is 2.62. The minimum Gasteiger partial charge on any atom is -0.381 e. The van der Waals surface area contributed by atoms with Crippen molar-refractivity contribution >= 4 is 17.9 Å². The average molecular weight is 320 g/mol. The number of amides is 1. The molecule has 5 heteroatoms. The van der Waals surface area contributed by atoms with E-state index in [1.54, 1.807) is 11.9 Å². The minimum absolute atomic E-state index is 0.294. The van der Waals surface area contributed by atoms with E-state index in [0.717, 1.165) is 44.6 Å². The number of ether oxygens (including phenoxy) is 1. The highest BCUT2D eigenvalue weighted by atomic mass is 32.2. The van der Waals surface area contributed by atoms with Crippen LogP contribution in [0.5, 0.6) is 0 Å². The Labute approximate surface area is 136 Å². The summed E-state index contributed by atoms with van der Waals surface area (Å²) in [6.07, 6.45) is 3.68. The highest BCUT2D eigenvalue weighted by Gasteiger charge is 2.44. The fourth-order valence-electron chi connectivity index (χ4n) is 3.48. The zero-order chi connectivity index (χ0) is 15.4. The number of hydrogen-bond acceptors (Lipinski definition) is 4. The monoisotopic (exact) mass is 320 g/mol. The minimum atomic E-state index is -0.388. The van der Waals surface area contributed by atoms with E-state index in [0.29, 0.717) is 19.1 Å². The third-order valence-corrected chi connectivity index (χ3v) is 5.75. The van der Waals surface area contributed by atoms with Crippen molar-refractivity contribution in [1.82, 2.24) is 9.21 Å². The maximum absolute atomic E-state index is 13.3. The lowest BCUT2D eigenvalue weighted by molar-refractivity contribution is -0.142. The summed E-state index contributed by atoms with van der Waals surface area (Å²) in [4.78, 5) is 15.4. The Bertz CT molecular complexity index is 495. The third-order valence-electron chi connectivity index (χ3n) is 4.87. The van der Waals surface area contributed by atoms with E-state index >= 15 is 0 Å². The number of rotatable bonds is 3. The van der Waals surface area contributed by atoms with Gasteiger partial charge in [-0.15, -0.1) is 0 Å². The summed E-state index contributed by atoms with van der Waals surface area (Å²) < 4.78 is 7.86.